The summed E-state index contributed by atoms with van der Waals surface area (Å²) in [5.74, 6) is 2.01. The number of aryl methyl sites for hydroxylation is 1. The summed E-state index contributed by atoms with van der Waals surface area (Å²) >= 11 is 0. The van der Waals surface area contributed by atoms with Gasteiger partial charge in [0.15, 0.2) is 0 Å². The molecule has 3 heteroatoms. The minimum atomic E-state index is 0.251. The summed E-state index contributed by atoms with van der Waals surface area (Å²) in [4.78, 5) is 6.90. The van der Waals surface area contributed by atoms with E-state index in [1.165, 1.54) is 24.0 Å². The van der Waals surface area contributed by atoms with Crippen molar-refractivity contribution in [3.8, 4) is 0 Å². The third-order valence-electron chi connectivity index (χ3n) is 3.72. The highest BCUT2D eigenvalue weighted by Crippen LogP contribution is 2.31. The Kier molecular flexibility index (Phi) is 4.23. The van der Waals surface area contributed by atoms with Gasteiger partial charge in [-0.15, -0.1) is 0 Å². The monoisotopic (exact) mass is 247 g/mol. The standard InChI is InChI=1S/C15H25N3/c1-4-14(16)8-13-7-11(2)15(17-9-13)18(3)10-12-5-6-12/h7,9,12,14H,4-6,8,10,16H2,1-3H3. The highest BCUT2D eigenvalue weighted by atomic mass is 15.2. The molecule has 1 fully saturated rings. The van der Waals surface area contributed by atoms with Gasteiger partial charge in [0.2, 0.25) is 0 Å². The van der Waals surface area contributed by atoms with Crippen molar-refractivity contribution >= 4 is 5.82 Å². The largest absolute Gasteiger partial charge is 0.359 e. The molecule has 2 rings (SSSR count). The number of anilines is 1. The fourth-order valence-electron chi connectivity index (χ4n) is 2.36. The molecule has 0 aromatic carbocycles. The Morgan fingerprint density at radius 1 is 1.50 bits per heavy atom. The van der Waals surface area contributed by atoms with Crippen LogP contribution in [0.1, 0.15) is 37.3 Å². The Morgan fingerprint density at radius 3 is 2.78 bits per heavy atom. The fraction of sp³-hybridized carbons (Fsp3) is 0.667. The maximum absolute atomic E-state index is 5.99. The molecule has 1 heterocycles. The highest BCUT2D eigenvalue weighted by molar-refractivity contribution is 5.47. The number of rotatable bonds is 6. The zero-order valence-electron chi connectivity index (χ0n) is 11.8. The molecule has 1 aliphatic carbocycles. The first-order valence-electron chi connectivity index (χ1n) is 7.02. The van der Waals surface area contributed by atoms with Crippen LogP contribution in [0.2, 0.25) is 0 Å². The van der Waals surface area contributed by atoms with Gasteiger partial charge >= 0.3 is 0 Å². The summed E-state index contributed by atoms with van der Waals surface area (Å²) in [6.45, 7) is 5.41. The van der Waals surface area contributed by atoms with Crippen LogP contribution in [0.15, 0.2) is 12.3 Å². The van der Waals surface area contributed by atoms with E-state index in [4.69, 9.17) is 5.73 Å². The lowest BCUT2D eigenvalue weighted by Gasteiger charge is -2.20. The van der Waals surface area contributed by atoms with Crippen LogP contribution < -0.4 is 10.6 Å². The normalized spacial score (nSPS) is 16.7. The van der Waals surface area contributed by atoms with Crippen LogP contribution in [0.25, 0.3) is 0 Å². The van der Waals surface area contributed by atoms with E-state index in [-0.39, 0.29) is 6.04 Å². The van der Waals surface area contributed by atoms with Gasteiger partial charge in [0, 0.05) is 25.8 Å². The average Bonchev–Trinajstić information content (AvgIpc) is 3.12. The molecule has 0 saturated heterocycles. The lowest BCUT2D eigenvalue weighted by atomic mass is 10.0. The first kappa shape index (κ1) is 13.3. The van der Waals surface area contributed by atoms with Gasteiger partial charge in [0.1, 0.15) is 5.82 Å². The van der Waals surface area contributed by atoms with Gasteiger partial charge < -0.3 is 10.6 Å². The average molecular weight is 247 g/mol. The van der Waals surface area contributed by atoms with Crippen LogP contribution in [-0.4, -0.2) is 24.6 Å². The van der Waals surface area contributed by atoms with Crippen LogP contribution in [0.3, 0.4) is 0 Å². The fourth-order valence-corrected chi connectivity index (χ4v) is 2.36. The molecule has 0 aliphatic heterocycles. The molecule has 0 bridgehead atoms. The second kappa shape index (κ2) is 5.70. The van der Waals surface area contributed by atoms with Gasteiger partial charge in [0.25, 0.3) is 0 Å². The predicted octanol–water partition coefficient (Wildman–Crippen LogP) is 2.52. The summed E-state index contributed by atoms with van der Waals surface area (Å²) < 4.78 is 0. The molecule has 18 heavy (non-hydrogen) atoms. The van der Waals surface area contributed by atoms with Gasteiger partial charge in [-0.25, -0.2) is 4.98 Å². The van der Waals surface area contributed by atoms with E-state index in [9.17, 15) is 0 Å². The first-order chi connectivity index (χ1) is 8.60. The molecule has 1 aromatic rings. The molecule has 1 atom stereocenters. The number of pyridine rings is 1. The summed E-state index contributed by atoms with van der Waals surface area (Å²) in [5.41, 5.74) is 8.51. The Balaban J connectivity index is 2.03. The van der Waals surface area contributed by atoms with Crippen molar-refractivity contribution in [3.63, 3.8) is 0 Å². The van der Waals surface area contributed by atoms with Crippen molar-refractivity contribution < 1.29 is 0 Å². The van der Waals surface area contributed by atoms with Gasteiger partial charge in [-0.05, 0) is 49.7 Å². The second-order valence-corrected chi connectivity index (χ2v) is 5.68. The van der Waals surface area contributed by atoms with Gasteiger partial charge in [0.05, 0.1) is 0 Å². The predicted molar refractivity (Wildman–Crippen MR) is 76.9 cm³/mol. The van der Waals surface area contributed by atoms with Crippen molar-refractivity contribution in [1.29, 1.82) is 0 Å². The van der Waals surface area contributed by atoms with Gasteiger partial charge in [-0.2, -0.15) is 0 Å². The number of nitrogens with two attached hydrogens (primary N) is 1. The Labute approximate surface area is 110 Å². The lowest BCUT2D eigenvalue weighted by molar-refractivity contribution is 0.644. The minimum Gasteiger partial charge on any atom is -0.359 e. The number of aromatic nitrogens is 1. The van der Waals surface area contributed by atoms with E-state index in [1.807, 2.05) is 6.20 Å². The molecule has 2 N–H and O–H groups in total. The summed E-state index contributed by atoms with van der Waals surface area (Å²) in [5, 5.41) is 0. The third-order valence-corrected chi connectivity index (χ3v) is 3.72. The molecular formula is C15H25N3. The maximum atomic E-state index is 5.99. The Bertz CT molecular complexity index is 399. The quantitative estimate of drug-likeness (QED) is 0.840. The molecular weight excluding hydrogens is 222 g/mol. The van der Waals surface area contributed by atoms with E-state index in [0.29, 0.717) is 0 Å². The highest BCUT2D eigenvalue weighted by Gasteiger charge is 2.23. The molecule has 100 valence electrons. The van der Waals surface area contributed by atoms with Crippen LogP contribution in [0, 0.1) is 12.8 Å². The summed E-state index contributed by atoms with van der Waals surface area (Å²) in [6.07, 6.45) is 6.69. The molecule has 3 nitrogen and oxygen atoms in total. The molecule has 0 spiro atoms. The van der Waals surface area contributed by atoms with Crippen LogP contribution in [0.5, 0.6) is 0 Å². The minimum absolute atomic E-state index is 0.251. The molecule has 1 aliphatic rings. The molecule has 0 radical (unpaired) electrons. The zero-order chi connectivity index (χ0) is 13.1. The van der Waals surface area contributed by atoms with Gasteiger partial charge in [-0.3, -0.25) is 0 Å². The summed E-state index contributed by atoms with van der Waals surface area (Å²) in [7, 11) is 2.14. The number of nitrogens with zero attached hydrogens (tertiary/aromatic N) is 2. The van der Waals surface area contributed by atoms with Crippen molar-refractivity contribution in [2.45, 2.75) is 45.6 Å². The van der Waals surface area contributed by atoms with Crippen molar-refractivity contribution in [2.24, 2.45) is 11.7 Å². The maximum Gasteiger partial charge on any atom is 0.131 e. The lowest BCUT2D eigenvalue weighted by Crippen LogP contribution is -2.23. The van der Waals surface area contributed by atoms with E-state index >= 15 is 0 Å². The first-order valence-corrected chi connectivity index (χ1v) is 7.02. The van der Waals surface area contributed by atoms with Crippen LogP contribution in [0.4, 0.5) is 5.82 Å². The zero-order valence-corrected chi connectivity index (χ0v) is 11.8. The van der Waals surface area contributed by atoms with Crippen molar-refractivity contribution in [2.75, 3.05) is 18.5 Å². The summed E-state index contributed by atoms with van der Waals surface area (Å²) in [6, 6.07) is 2.49. The molecule has 1 saturated carbocycles. The van der Waals surface area contributed by atoms with E-state index < -0.39 is 0 Å². The number of hydrogen-bond acceptors (Lipinski definition) is 3. The Hall–Kier alpha value is -1.09. The van der Waals surface area contributed by atoms with Crippen LogP contribution in [-0.2, 0) is 6.42 Å². The molecule has 0 amide bonds. The van der Waals surface area contributed by atoms with Crippen molar-refractivity contribution in [1.82, 2.24) is 4.98 Å². The van der Waals surface area contributed by atoms with E-state index in [0.717, 1.165) is 31.1 Å². The van der Waals surface area contributed by atoms with E-state index in [2.05, 4.69) is 36.8 Å². The Morgan fingerprint density at radius 2 is 2.22 bits per heavy atom. The van der Waals surface area contributed by atoms with E-state index in [1.54, 1.807) is 0 Å². The van der Waals surface area contributed by atoms with Crippen molar-refractivity contribution in [3.05, 3.63) is 23.4 Å². The topological polar surface area (TPSA) is 42.1 Å². The smallest absolute Gasteiger partial charge is 0.131 e. The van der Waals surface area contributed by atoms with Gasteiger partial charge in [-0.1, -0.05) is 13.0 Å². The second-order valence-electron chi connectivity index (χ2n) is 5.68. The third kappa shape index (κ3) is 3.45. The van der Waals surface area contributed by atoms with Crippen LogP contribution >= 0.6 is 0 Å². The molecule has 1 aromatic heterocycles. The molecule has 1 unspecified atom stereocenters. The SMILES string of the molecule is CCC(N)Cc1cnc(N(C)CC2CC2)c(C)c1. The number of hydrogen-bond donors (Lipinski definition) is 1.